The lowest BCUT2D eigenvalue weighted by molar-refractivity contribution is 0.389. The van der Waals surface area contributed by atoms with Crippen LogP contribution in [-0.2, 0) is 12.8 Å². The van der Waals surface area contributed by atoms with Gasteiger partial charge in [-0.3, -0.25) is 0 Å². The molecule has 3 heteroatoms. The standard InChI is InChI=1S/C13H20ClNO/c14-8-7-13-15-10-12(16-13)9-11-5-3-1-2-4-6-11/h10-11H,1-9H2. The summed E-state index contributed by atoms with van der Waals surface area (Å²) in [6.45, 7) is 0. The van der Waals surface area contributed by atoms with Gasteiger partial charge in [-0.05, 0) is 5.92 Å². The molecular weight excluding hydrogens is 222 g/mol. The van der Waals surface area contributed by atoms with Crippen LogP contribution in [-0.4, -0.2) is 10.9 Å². The third kappa shape index (κ3) is 3.51. The first kappa shape index (κ1) is 12.0. The summed E-state index contributed by atoms with van der Waals surface area (Å²) in [6, 6.07) is 0. The second-order valence-corrected chi connectivity index (χ2v) is 5.10. The van der Waals surface area contributed by atoms with Crippen molar-refractivity contribution in [3.05, 3.63) is 17.8 Å². The van der Waals surface area contributed by atoms with Gasteiger partial charge >= 0.3 is 0 Å². The van der Waals surface area contributed by atoms with Crippen LogP contribution in [0.25, 0.3) is 0 Å². The van der Waals surface area contributed by atoms with Crippen LogP contribution >= 0.6 is 11.6 Å². The summed E-state index contributed by atoms with van der Waals surface area (Å²) in [5, 5.41) is 0. The van der Waals surface area contributed by atoms with E-state index in [2.05, 4.69) is 4.98 Å². The van der Waals surface area contributed by atoms with Gasteiger partial charge in [-0.1, -0.05) is 38.5 Å². The largest absolute Gasteiger partial charge is 0.446 e. The number of hydrogen-bond donors (Lipinski definition) is 0. The quantitative estimate of drug-likeness (QED) is 0.589. The Morgan fingerprint density at radius 1 is 1.25 bits per heavy atom. The topological polar surface area (TPSA) is 26.0 Å². The first-order valence-corrected chi connectivity index (χ1v) is 6.91. The van der Waals surface area contributed by atoms with Crippen LogP contribution in [0.3, 0.4) is 0 Å². The minimum Gasteiger partial charge on any atom is -0.446 e. The number of oxazole rings is 1. The van der Waals surface area contributed by atoms with Crippen LogP contribution in [0.4, 0.5) is 0 Å². The summed E-state index contributed by atoms with van der Waals surface area (Å²) < 4.78 is 5.67. The van der Waals surface area contributed by atoms with Gasteiger partial charge in [0, 0.05) is 18.7 Å². The molecule has 1 saturated carbocycles. The van der Waals surface area contributed by atoms with Crippen molar-refractivity contribution in [2.45, 2.75) is 51.4 Å². The van der Waals surface area contributed by atoms with Gasteiger partial charge in [0.1, 0.15) is 5.76 Å². The zero-order valence-electron chi connectivity index (χ0n) is 9.75. The number of halogens is 1. The minimum atomic E-state index is 0.587. The fourth-order valence-electron chi connectivity index (χ4n) is 2.49. The number of nitrogens with zero attached hydrogens (tertiary/aromatic N) is 1. The van der Waals surface area contributed by atoms with Crippen LogP contribution < -0.4 is 0 Å². The Balaban J connectivity index is 1.86. The number of aryl methyl sites for hydroxylation is 1. The predicted molar refractivity (Wildman–Crippen MR) is 65.8 cm³/mol. The number of aromatic nitrogens is 1. The highest BCUT2D eigenvalue weighted by molar-refractivity contribution is 6.17. The molecule has 0 unspecified atom stereocenters. The van der Waals surface area contributed by atoms with E-state index in [1.807, 2.05) is 6.20 Å². The molecule has 0 amide bonds. The molecule has 1 aromatic heterocycles. The second kappa shape index (κ2) is 6.29. The third-order valence-electron chi connectivity index (χ3n) is 3.37. The SMILES string of the molecule is ClCCc1ncc(CC2CCCCCC2)o1. The lowest BCUT2D eigenvalue weighted by atomic mass is 9.96. The van der Waals surface area contributed by atoms with E-state index >= 15 is 0 Å². The van der Waals surface area contributed by atoms with E-state index < -0.39 is 0 Å². The Morgan fingerprint density at radius 2 is 2.00 bits per heavy atom. The number of hydrogen-bond acceptors (Lipinski definition) is 2. The lowest BCUT2D eigenvalue weighted by Crippen LogP contribution is -2.02. The Labute approximate surface area is 102 Å². The van der Waals surface area contributed by atoms with Crippen molar-refractivity contribution in [3.63, 3.8) is 0 Å². The molecule has 0 N–H and O–H groups in total. The molecule has 1 heterocycles. The molecule has 1 aliphatic rings. The average molecular weight is 242 g/mol. The molecule has 1 aromatic rings. The molecule has 2 nitrogen and oxygen atoms in total. The molecule has 90 valence electrons. The first-order valence-electron chi connectivity index (χ1n) is 6.38. The average Bonchev–Trinajstić information content (AvgIpc) is 2.56. The van der Waals surface area contributed by atoms with Crippen molar-refractivity contribution in [1.82, 2.24) is 4.98 Å². The molecule has 0 atom stereocenters. The Hall–Kier alpha value is -0.500. The van der Waals surface area contributed by atoms with Gasteiger partial charge in [-0.2, -0.15) is 0 Å². The van der Waals surface area contributed by atoms with Crippen molar-refractivity contribution in [2.24, 2.45) is 5.92 Å². The highest BCUT2D eigenvalue weighted by Crippen LogP contribution is 2.26. The first-order chi connectivity index (χ1) is 7.88. The summed E-state index contributed by atoms with van der Waals surface area (Å²) in [7, 11) is 0. The summed E-state index contributed by atoms with van der Waals surface area (Å²) in [4.78, 5) is 4.24. The summed E-state index contributed by atoms with van der Waals surface area (Å²) >= 11 is 5.66. The van der Waals surface area contributed by atoms with E-state index in [1.54, 1.807) is 0 Å². The zero-order valence-corrected chi connectivity index (χ0v) is 10.5. The molecular formula is C13H20ClNO. The summed E-state index contributed by atoms with van der Waals surface area (Å²) in [6.07, 6.45) is 12.0. The van der Waals surface area contributed by atoms with Crippen molar-refractivity contribution >= 4 is 11.6 Å². The van der Waals surface area contributed by atoms with E-state index in [0.29, 0.717) is 5.88 Å². The van der Waals surface area contributed by atoms with Crippen LogP contribution in [0.1, 0.15) is 50.2 Å². The van der Waals surface area contributed by atoms with Crippen molar-refractivity contribution < 1.29 is 4.42 Å². The van der Waals surface area contributed by atoms with Crippen molar-refractivity contribution in [1.29, 1.82) is 0 Å². The third-order valence-corrected chi connectivity index (χ3v) is 3.56. The lowest BCUT2D eigenvalue weighted by Gasteiger charge is -2.10. The molecule has 2 rings (SSSR count). The summed E-state index contributed by atoms with van der Waals surface area (Å²) in [5.41, 5.74) is 0. The predicted octanol–water partition coefficient (Wildman–Crippen LogP) is 3.97. The highest BCUT2D eigenvalue weighted by atomic mass is 35.5. The van der Waals surface area contributed by atoms with E-state index in [9.17, 15) is 0 Å². The Kier molecular flexibility index (Phi) is 4.70. The van der Waals surface area contributed by atoms with E-state index in [1.165, 1.54) is 38.5 Å². The molecule has 0 radical (unpaired) electrons. The van der Waals surface area contributed by atoms with Crippen LogP contribution in [0, 0.1) is 5.92 Å². The number of alkyl halides is 1. The maximum atomic E-state index is 5.67. The maximum Gasteiger partial charge on any atom is 0.195 e. The zero-order chi connectivity index (χ0) is 11.2. The fraction of sp³-hybridized carbons (Fsp3) is 0.769. The minimum absolute atomic E-state index is 0.587. The van der Waals surface area contributed by atoms with Gasteiger partial charge in [-0.15, -0.1) is 11.6 Å². The molecule has 16 heavy (non-hydrogen) atoms. The van der Waals surface area contributed by atoms with Crippen LogP contribution in [0.2, 0.25) is 0 Å². The van der Waals surface area contributed by atoms with Gasteiger partial charge in [-0.25, -0.2) is 4.98 Å². The van der Waals surface area contributed by atoms with Gasteiger partial charge in [0.2, 0.25) is 0 Å². The van der Waals surface area contributed by atoms with Gasteiger partial charge in [0.15, 0.2) is 5.89 Å². The summed E-state index contributed by atoms with van der Waals surface area (Å²) in [5.74, 6) is 3.23. The smallest absolute Gasteiger partial charge is 0.195 e. The fourth-order valence-corrected chi connectivity index (χ4v) is 2.65. The number of rotatable bonds is 4. The molecule has 1 aliphatic carbocycles. The maximum absolute atomic E-state index is 5.67. The molecule has 0 spiro atoms. The molecule has 0 saturated heterocycles. The molecule has 0 aromatic carbocycles. The monoisotopic (exact) mass is 241 g/mol. The normalized spacial score (nSPS) is 18.6. The second-order valence-electron chi connectivity index (χ2n) is 4.72. The highest BCUT2D eigenvalue weighted by Gasteiger charge is 2.15. The van der Waals surface area contributed by atoms with Gasteiger partial charge in [0.05, 0.1) is 6.20 Å². The Bertz CT molecular complexity index is 303. The van der Waals surface area contributed by atoms with Crippen molar-refractivity contribution in [3.8, 4) is 0 Å². The van der Waals surface area contributed by atoms with Crippen molar-refractivity contribution in [2.75, 3.05) is 5.88 Å². The van der Waals surface area contributed by atoms with Gasteiger partial charge < -0.3 is 4.42 Å². The molecule has 0 aliphatic heterocycles. The van der Waals surface area contributed by atoms with Gasteiger partial charge in [0.25, 0.3) is 0 Å². The molecule has 0 bridgehead atoms. The van der Waals surface area contributed by atoms with Crippen LogP contribution in [0.15, 0.2) is 10.6 Å². The Morgan fingerprint density at radius 3 is 2.69 bits per heavy atom. The van der Waals surface area contributed by atoms with E-state index in [-0.39, 0.29) is 0 Å². The van der Waals surface area contributed by atoms with Crippen LogP contribution in [0.5, 0.6) is 0 Å². The van der Waals surface area contributed by atoms with E-state index in [0.717, 1.165) is 30.4 Å². The molecule has 1 fully saturated rings. The van der Waals surface area contributed by atoms with E-state index in [4.69, 9.17) is 16.0 Å².